The second-order valence-electron chi connectivity index (χ2n) is 7.17. The van der Waals surface area contributed by atoms with Gasteiger partial charge in [0, 0.05) is 44.2 Å². The molecule has 0 aliphatic carbocycles. The third-order valence-electron chi connectivity index (χ3n) is 5.49. The largest absolute Gasteiger partial charge is 0.396 e. The van der Waals surface area contributed by atoms with Crippen LogP contribution >= 0.6 is 24.0 Å². The van der Waals surface area contributed by atoms with Gasteiger partial charge in [-0.2, -0.15) is 4.31 Å². The number of aliphatic hydroxyl groups is 1. The van der Waals surface area contributed by atoms with Gasteiger partial charge in [0.15, 0.2) is 5.96 Å². The maximum absolute atomic E-state index is 12.6. The molecule has 0 aromatic carbocycles. The summed E-state index contributed by atoms with van der Waals surface area (Å²) in [5.74, 6) is 0.625. The predicted octanol–water partition coefficient (Wildman–Crippen LogP) is 1.50. The van der Waals surface area contributed by atoms with E-state index in [0.29, 0.717) is 38.4 Å². The number of piperazine rings is 1. The number of nitrogens with zero attached hydrogens (tertiary/aromatic N) is 4. The van der Waals surface area contributed by atoms with Gasteiger partial charge in [-0.05, 0) is 19.8 Å². The lowest BCUT2D eigenvalue weighted by molar-refractivity contribution is 0.123. The molecule has 1 aromatic rings. The Morgan fingerprint density at radius 3 is 2.41 bits per heavy atom. The van der Waals surface area contributed by atoms with Crippen LogP contribution in [0.25, 0.3) is 0 Å². The minimum atomic E-state index is -3.42. The van der Waals surface area contributed by atoms with Crippen molar-refractivity contribution >= 4 is 40.0 Å². The minimum absolute atomic E-state index is 0. The number of hydrogen-bond acceptors (Lipinski definition) is 6. The van der Waals surface area contributed by atoms with E-state index in [9.17, 15) is 13.5 Å². The second-order valence-corrected chi connectivity index (χ2v) is 9.14. The van der Waals surface area contributed by atoms with Crippen LogP contribution < -0.4 is 5.32 Å². The van der Waals surface area contributed by atoms with E-state index in [1.165, 1.54) is 10.6 Å². The van der Waals surface area contributed by atoms with Gasteiger partial charge in [0.05, 0.1) is 18.8 Å². The third-order valence-corrected chi connectivity index (χ3v) is 7.30. The van der Waals surface area contributed by atoms with Crippen LogP contribution in [0.3, 0.4) is 0 Å². The van der Waals surface area contributed by atoms with Crippen molar-refractivity contribution in [2.45, 2.75) is 39.4 Å². The maximum atomic E-state index is 12.6. The van der Waals surface area contributed by atoms with Gasteiger partial charge in [0.25, 0.3) is 0 Å². The van der Waals surface area contributed by atoms with Crippen LogP contribution in [0.1, 0.15) is 39.3 Å². The SMILES string of the molecule is CCNC(=NCC(CC)(CC)CO)N1CCN(S(=O)(=O)Cc2ccon2)CC1.I. The van der Waals surface area contributed by atoms with Crippen LogP contribution in [0.5, 0.6) is 0 Å². The summed E-state index contributed by atoms with van der Waals surface area (Å²) in [6.07, 6.45) is 3.09. The Hall–Kier alpha value is -0.920. The fraction of sp³-hybridized carbons (Fsp3) is 0.778. The quantitative estimate of drug-likeness (QED) is 0.276. The molecule has 0 atom stereocenters. The molecule has 168 valence electrons. The molecule has 1 aliphatic heterocycles. The Labute approximate surface area is 191 Å². The maximum Gasteiger partial charge on any atom is 0.220 e. The van der Waals surface area contributed by atoms with Crippen LogP contribution in [0.2, 0.25) is 0 Å². The summed E-state index contributed by atoms with van der Waals surface area (Å²) in [7, 11) is -3.42. The zero-order valence-electron chi connectivity index (χ0n) is 17.5. The molecule has 1 aromatic heterocycles. The van der Waals surface area contributed by atoms with Gasteiger partial charge >= 0.3 is 0 Å². The Kier molecular flexibility index (Phi) is 10.9. The van der Waals surface area contributed by atoms with E-state index in [2.05, 4.69) is 29.2 Å². The van der Waals surface area contributed by atoms with Crippen LogP contribution in [0, 0.1) is 5.41 Å². The molecule has 0 saturated carbocycles. The highest BCUT2D eigenvalue weighted by Gasteiger charge is 2.30. The molecule has 2 N–H and O–H groups in total. The molecule has 9 nitrogen and oxygen atoms in total. The van der Waals surface area contributed by atoms with E-state index >= 15 is 0 Å². The molecule has 0 radical (unpaired) electrons. The summed E-state index contributed by atoms with van der Waals surface area (Å²) >= 11 is 0. The molecule has 2 heterocycles. The van der Waals surface area contributed by atoms with Gasteiger partial charge in [-0.3, -0.25) is 4.99 Å². The summed E-state index contributed by atoms with van der Waals surface area (Å²) in [5.41, 5.74) is 0.209. The van der Waals surface area contributed by atoms with Crippen molar-refractivity contribution < 1.29 is 18.0 Å². The fourth-order valence-corrected chi connectivity index (χ4v) is 4.61. The average Bonchev–Trinajstić information content (AvgIpc) is 3.21. The van der Waals surface area contributed by atoms with Gasteiger partial charge in [-0.25, -0.2) is 8.42 Å². The van der Waals surface area contributed by atoms with Crippen LogP contribution in [0.4, 0.5) is 0 Å². The van der Waals surface area contributed by atoms with E-state index in [4.69, 9.17) is 9.52 Å². The molecule has 1 fully saturated rings. The number of guanidine groups is 1. The monoisotopic (exact) mass is 543 g/mol. The third kappa shape index (κ3) is 7.07. The number of halogens is 1. The van der Waals surface area contributed by atoms with E-state index < -0.39 is 10.0 Å². The zero-order chi connectivity index (χ0) is 20.6. The molecule has 11 heteroatoms. The smallest absolute Gasteiger partial charge is 0.220 e. The number of sulfonamides is 1. The summed E-state index contributed by atoms with van der Waals surface area (Å²) in [4.78, 5) is 6.83. The molecule has 1 saturated heterocycles. The molecular formula is C18H34IN5O4S. The van der Waals surface area contributed by atoms with Crippen molar-refractivity contribution in [3.63, 3.8) is 0 Å². The number of aliphatic imine (C=N–C) groups is 1. The Balaban J connectivity index is 0.00000420. The second kappa shape index (κ2) is 12.1. The van der Waals surface area contributed by atoms with Crippen molar-refractivity contribution in [3.05, 3.63) is 18.0 Å². The first-order valence-electron chi connectivity index (χ1n) is 9.91. The summed E-state index contributed by atoms with van der Waals surface area (Å²) in [6, 6.07) is 1.57. The van der Waals surface area contributed by atoms with Gasteiger partial charge in [-0.15, -0.1) is 24.0 Å². The average molecular weight is 543 g/mol. The van der Waals surface area contributed by atoms with Crippen molar-refractivity contribution in [1.29, 1.82) is 0 Å². The summed E-state index contributed by atoms with van der Waals surface area (Å²) in [6.45, 7) is 9.46. The highest BCUT2D eigenvalue weighted by Crippen LogP contribution is 2.26. The summed E-state index contributed by atoms with van der Waals surface area (Å²) in [5, 5.41) is 16.8. The van der Waals surface area contributed by atoms with Gasteiger partial charge in [-0.1, -0.05) is 19.0 Å². The molecule has 1 aliphatic rings. The number of hydrogen-bond donors (Lipinski definition) is 2. The summed E-state index contributed by atoms with van der Waals surface area (Å²) < 4.78 is 31.4. The lowest BCUT2D eigenvalue weighted by Gasteiger charge is -2.36. The highest BCUT2D eigenvalue weighted by molar-refractivity contribution is 14.0. The number of rotatable bonds is 9. The minimum Gasteiger partial charge on any atom is -0.396 e. The Bertz CT molecular complexity index is 706. The van der Waals surface area contributed by atoms with Crippen LogP contribution in [-0.4, -0.2) is 79.7 Å². The van der Waals surface area contributed by atoms with Crippen LogP contribution in [0.15, 0.2) is 21.8 Å². The normalized spacial score (nSPS) is 16.6. The predicted molar refractivity (Wildman–Crippen MR) is 124 cm³/mol. The van der Waals surface area contributed by atoms with Gasteiger partial charge in [0.2, 0.25) is 10.0 Å². The molecule has 0 spiro atoms. The van der Waals surface area contributed by atoms with Crippen LogP contribution in [-0.2, 0) is 15.8 Å². The lowest BCUT2D eigenvalue weighted by Crippen LogP contribution is -2.54. The van der Waals surface area contributed by atoms with Crippen molar-refractivity contribution in [1.82, 2.24) is 19.7 Å². The fourth-order valence-electron chi connectivity index (χ4n) is 3.18. The first-order valence-corrected chi connectivity index (χ1v) is 11.5. The van der Waals surface area contributed by atoms with E-state index in [-0.39, 0.29) is 41.8 Å². The first-order chi connectivity index (χ1) is 13.4. The van der Waals surface area contributed by atoms with Gasteiger partial charge < -0.3 is 19.8 Å². The van der Waals surface area contributed by atoms with E-state index in [0.717, 1.165) is 25.3 Å². The van der Waals surface area contributed by atoms with Gasteiger partial charge in [0.1, 0.15) is 12.0 Å². The molecule has 29 heavy (non-hydrogen) atoms. The Morgan fingerprint density at radius 1 is 1.28 bits per heavy atom. The lowest BCUT2D eigenvalue weighted by atomic mass is 9.83. The molecular weight excluding hydrogens is 509 g/mol. The topological polar surface area (TPSA) is 111 Å². The molecule has 0 amide bonds. The van der Waals surface area contributed by atoms with E-state index in [1.807, 2.05) is 6.92 Å². The van der Waals surface area contributed by atoms with Crippen molar-refractivity contribution in [2.24, 2.45) is 10.4 Å². The van der Waals surface area contributed by atoms with Crippen molar-refractivity contribution in [2.75, 3.05) is 45.9 Å². The molecule has 0 bridgehead atoms. The standard InChI is InChI=1S/C18H33N5O4S.HI/c1-4-18(5-2,15-24)14-20-17(19-6-3)22-8-10-23(11-9-22)28(25,26)13-16-7-12-27-21-16;/h7,12,24H,4-6,8-11,13-15H2,1-3H3,(H,19,20);1H. The van der Waals surface area contributed by atoms with Crippen molar-refractivity contribution in [3.8, 4) is 0 Å². The number of nitrogens with one attached hydrogen (secondary N) is 1. The highest BCUT2D eigenvalue weighted by atomic mass is 127. The number of aliphatic hydroxyl groups excluding tert-OH is 1. The number of aromatic nitrogens is 1. The Morgan fingerprint density at radius 2 is 1.93 bits per heavy atom. The molecule has 0 unspecified atom stereocenters. The zero-order valence-corrected chi connectivity index (χ0v) is 20.6. The van der Waals surface area contributed by atoms with E-state index in [1.54, 1.807) is 6.07 Å². The first kappa shape index (κ1) is 26.1. The molecule has 2 rings (SSSR count).